The Morgan fingerprint density at radius 2 is 2.14 bits per heavy atom. The van der Waals surface area contributed by atoms with Gasteiger partial charge in [0.05, 0.1) is 5.69 Å². The first-order chi connectivity index (χ1) is 9.85. The number of aromatic nitrogens is 2. The number of rotatable bonds is 3. The van der Waals surface area contributed by atoms with Crippen LogP contribution in [0.4, 0.5) is 4.79 Å². The van der Waals surface area contributed by atoms with Gasteiger partial charge in [-0.1, -0.05) is 0 Å². The van der Waals surface area contributed by atoms with Gasteiger partial charge in [0, 0.05) is 37.3 Å². The van der Waals surface area contributed by atoms with E-state index in [0.29, 0.717) is 37.3 Å². The van der Waals surface area contributed by atoms with Crippen LogP contribution < -0.4 is 5.73 Å². The molecule has 21 heavy (non-hydrogen) atoms. The number of hydrogen-bond donors (Lipinski definition) is 3. The number of carbonyl (C=O) groups is 1. The van der Waals surface area contributed by atoms with Crippen LogP contribution in [0.5, 0.6) is 0 Å². The molecule has 0 bridgehead atoms. The van der Waals surface area contributed by atoms with E-state index in [4.69, 9.17) is 10.8 Å². The minimum atomic E-state index is -1.17. The third-order valence-corrected chi connectivity index (χ3v) is 4.07. The molecule has 1 saturated heterocycles. The second-order valence-corrected chi connectivity index (χ2v) is 5.74. The minimum Gasteiger partial charge on any atom is -0.465 e. The molecule has 0 spiro atoms. The van der Waals surface area contributed by atoms with E-state index in [9.17, 15) is 9.90 Å². The summed E-state index contributed by atoms with van der Waals surface area (Å²) in [5.74, 6) is 0.762. The molecule has 4 N–H and O–H groups in total. The zero-order valence-corrected chi connectivity index (χ0v) is 12.4. The number of nitrogens with zero attached hydrogens (tertiary/aromatic N) is 3. The molecule has 0 aliphatic carbocycles. The molecule has 1 unspecified atom stereocenters. The number of carboxylic acid groups (broad SMARTS) is 1. The lowest BCUT2D eigenvalue weighted by Crippen LogP contribution is -2.38. The maximum absolute atomic E-state index is 11.0. The number of piperidine rings is 1. The Labute approximate surface area is 123 Å². The Kier molecular flexibility index (Phi) is 4.43. The third-order valence-electron chi connectivity index (χ3n) is 4.07. The standard InChI is InChI=1S/C14H22N4O3/c1-9-16-7-11(14(2,21)8-15)12(17-9)10-3-5-18(6-4-10)13(19)20/h7,10,21H,3-6,8,15H2,1-2H3,(H,19,20). The maximum Gasteiger partial charge on any atom is 0.407 e. The molecule has 0 saturated carbocycles. The van der Waals surface area contributed by atoms with Gasteiger partial charge in [0.2, 0.25) is 0 Å². The minimum absolute atomic E-state index is 0.0837. The summed E-state index contributed by atoms with van der Waals surface area (Å²) in [5.41, 5.74) is 5.91. The van der Waals surface area contributed by atoms with Gasteiger partial charge in [-0.25, -0.2) is 14.8 Å². The molecule has 7 nitrogen and oxygen atoms in total. The van der Waals surface area contributed by atoms with E-state index in [-0.39, 0.29) is 12.5 Å². The molecule has 0 aromatic carbocycles. The number of nitrogens with two attached hydrogens (primary N) is 1. The number of amides is 1. The first-order valence-electron chi connectivity index (χ1n) is 7.09. The predicted octanol–water partition coefficient (Wildman–Crippen LogP) is 0.809. The summed E-state index contributed by atoms with van der Waals surface area (Å²) in [6, 6.07) is 0. The molecular formula is C14H22N4O3. The summed E-state index contributed by atoms with van der Waals surface area (Å²) in [4.78, 5) is 21.0. The van der Waals surface area contributed by atoms with Crippen LogP contribution in [-0.2, 0) is 5.60 Å². The summed E-state index contributed by atoms with van der Waals surface area (Å²) in [6.07, 6.45) is 2.13. The number of hydrogen-bond acceptors (Lipinski definition) is 5. The lowest BCUT2D eigenvalue weighted by atomic mass is 9.85. The highest BCUT2D eigenvalue weighted by atomic mass is 16.4. The van der Waals surface area contributed by atoms with Crippen molar-refractivity contribution in [2.45, 2.75) is 38.2 Å². The first kappa shape index (κ1) is 15.7. The molecular weight excluding hydrogens is 272 g/mol. The van der Waals surface area contributed by atoms with E-state index in [2.05, 4.69) is 9.97 Å². The van der Waals surface area contributed by atoms with Crippen LogP contribution in [0, 0.1) is 6.92 Å². The number of aryl methyl sites for hydroxylation is 1. The zero-order valence-electron chi connectivity index (χ0n) is 12.4. The van der Waals surface area contributed by atoms with Crippen LogP contribution in [0.15, 0.2) is 6.20 Å². The molecule has 1 amide bonds. The number of likely N-dealkylation sites (tertiary alicyclic amines) is 1. The molecule has 2 rings (SSSR count). The topological polar surface area (TPSA) is 113 Å². The van der Waals surface area contributed by atoms with Gasteiger partial charge in [0.25, 0.3) is 0 Å². The highest BCUT2D eigenvalue weighted by molar-refractivity contribution is 5.65. The van der Waals surface area contributed by atoms with Gasteiger partial charge in [-0.3, -0.25) is 0 Å². The summed E-state index contributed by atoms with van der Waals surface area (Å²) >= 11 is 0. The summed E-state index contributed by atoms with van der Waals surface area (Å²) in [6.45, 7) is 4.49. The SMILES string of the molecule is Cc1ncc(C(C)(O)CN)c(C2CCN(C(=O)O)CC2)n1. The number of aliphatic hydroxyl groups is 1. The van der Waals surface area contributed by atoms with Crippen molar-refractivity contribution >= 4 is 6.09 Å². The van der Waals surface area contributed by atoms with Crippen LogP contribution in [0.2, 0.25) is 0 Å². The normalized spacial score (nSPS) is 19.3. The van der Waals surface area contributed by atoms with E-state index >= 15 is 0 Å². The molecule has 1 fully saturated rings. The Morgan fingerprint density at radius 3 is 2.67 bits per heavy atom. The van der Waals surface area contributed by atoms with E-state index in [1.165, 1.54) is 4.90 Å². The summed E-state index contributed by atoms with van der Waals surface area (Å²) in [5, 5.41) is 19.4. The second kappa shape index (κ2) is 5.95. The van der Waals surface area contributed by atoms with Gasteiger partial charge in [-0.05, 0) is 26.7 Å². The lowest BCUT2D eigenvalue weighted by Gasteiger charge is -2.32. The van der Waals surface area contributed by atoms with Crippen LogP contribution in [0.3, 0.4) is 0 Å². The van der Waals surface area contributed by atoms with Crippen LogP contribution >= 0.6 is 0 Å². The molecule has 1 aromatic heterocycles. The van der Waals surface area contributed by atoms with Crippen molar-refractivity contribution in [1.29, 1.82) is 0 Å². The Balaban J connectivity index is 2.27. The molecule has 1 aromatic rings. The van der Waals surface area contributed by atoms with Crippen molar-refractivity contribution < 1.29 is 15.0 Å². The fraction of sp³-hybridized carbons (Fsp3) is 0.643. The fourth-order valence-corrected chi connectivity index (χ4v) is 2.67. The second-order valence-electron chi connectivity index (χ2n) is 5.74. The van der Waals surface area contributed by atoms with Gasteiger partial charge < -0.3 is 20.8 Å². The van der Waals surface area contributed by atoms with Crippen LogP contribution in [0.1, 0.15) is 42.8 Å². The Morgan fingerprint density at radius 1 is 1.52 bits per heavy atom. The predicted molar refractivity (Wildman–Crippen MR) is 77.0 cm³/mol. The molecule has 116 valence electrons. The van der Waals surface area contributed by atoms with E-state index in [1.807, 2.05) is 0 Å². The van der Waals surface area contributed by atoms with Gasteiger partial charge in [-0.15, -0.1) is 0 Å². The van der Waals surface area contributed by atoms with Gasteiger partial charge in [0.1, 0.15) is 11.4 Å². The van der Waals surface area contributed by atoms with Gasteiger partial charge in [0.15, 0.2) is 0 Å². The van der Waals surface area contributed by atoms with Gasteiger partial charge >= 0.3 is 6.09 Å². The zero-order chi connectivity index (χ0) is 15.6. The molecule has 1 aliphatic rings. The van der Waals surface area contributed by atoms with E-state index in [1.54, 1.807) is 20.0 Å². The summed E-state index contributed by atoms with van der Waals surface area (Å²) in [7, 11) is 0. The van der Waals surface area contributed by atoms with Crippen molar-refractivity contribution in [3.63, 3.8) is 0 Å². The molecule has 0 radical (unpaired) electrons. The van der Waals surface area contributed by atoms with Crippen molar-refractivity contribution in [2.24, 2.45) is 5.73 Å². The van der Waals surface area contributed by atoms with Gasteiger partial charge in [-0.2, -0.15) is 0 Å². The lowest BCUT2D eigenvalue weighted by molar-refractivity contribution is 0.0637. The molecule has 1 aliphatic heterocycles. The smallest absolute Gasteiger partial charge is 0.407 e. The van der Waals surface area contributed by atoms with E-state index in [0.717, 1.165) is 5.69 Å². The highest BCUT2D eigenvalue weighted by Crippen LogP contribution is 2.33. The molecule has 7 heteroatoms. The Bertz CT molecular complexity index is 525. The fourth-order valence-electron chi connectivity index (χ4n) is 2.67. The monoisotopic (exact) mass is 294 g/mol. The largest absolute Gasteiger partial charge is 0.465 e. The highest BCUT2D eigenvalue weighted by Gasteiger charge is 2.32. The van der Waals surface area contributed by atoms with E-state index < -0.39 is 11.7 Å². The summed E-state index contributed by atoms with van der Waals surface area (Å²) < 4.78 is 0. The molecule has 1 atom stereocenters. The maximum atomic E-state index is 11.0. The molecule has 2 heterocycles. The average Bonchev–Trinajstić information content (AvgIpc) is 2.47. The van der Waals surface area contributed by atoms with Crippen molar-refractivity contribution in [3.8, 4) is 0 Å². The van der Waals surface area contributed by atoms with Crippen LogP contribution in [-0.4, -0.2) is 50.8 Å². The quantitative estimate of drug-likeness (QED) is 0.760. The first-order valence-corrected chi connectivity index (χ1v) is 7.09. The van der Waals surface area contributed by atoms with Crippen molar-refractivity contribution in [1.82, 2.24) is 14.9 Å². The van der Waals surface area contributed by atoms with Crippen molar-refractivity contribution in [3.05, 3.63) is 23.3 Å². The van der Waals surface area contributed by atoms with Crippen LogP contribution in [0.25, 0.3) is 0 Å². The Hall–Kier alpha value is -1.73. The van der Waals surface area contributed by atoms with Crippen molar-refractivity contribution in [2.75, 3.05) is 19.6 Å². The average molecular weight is 294 g/mol. The third kappa shape index (κ3) is 3.30.